The van der Waals surface area contributed by atoms with Crippen LogP contribution >= 0.6 is 0 Å². The number of fused-ring (bicyclic) bond motifs is 4. The van der Waals surface area contributed by atoms with Gasteiger partial charge in [0.2, 0.25) is 0 Å². The van der Waals surface area contributed by atoms with Gasteiger partial charge in [-0.2, -0.15) is 0 Å². The maximum atomic E-state index is 12.2. The summed E-state index contributed by atoms with van der Waals surface area (Å²) in [5, 5.41) is 11.9. The zero-order chi connectivity index (χ0) is 22.7. The molecule has 3 nitrogen and oxygen atoms in total. The molecule has 0 aliphatic heterocycles. The fourth-order valence-corrected chi connectivity index (χ4v) is 7.88. The Bertz CT molecular complexity index is 971. The van der Waals surface area contributed by atoms with Crippen molar-refractivity contribution in [3.63, 3.8) is 0 Å². The Hall–Kier alpha value is -1.87. The van der Waals surface area contributed by atoms with Gasteiger partial charge < -0.3 is 10.0 Å². The van der Waals surface area contributed by atoms with Gasteiger partial charge in [-0.1, -0.05) is 38.0 Å². The molecule has 4 aliphatic carbocycles. The zero-order valence-electron chi connectivity index (χ0n) is 20.3. The number of benzene rings is 1. The average Bonchev–Trinajstić information content (AvgIpc) is 3.03. The first-order valence-corrected chi connectivity index (χ1v) is 12.7. The molecular weight excluding hydrogens is 394 g/mol. The number of allylic oxidation sites excluding steroid dienone is 4. The number of aliphatic hydroxyl groups is 1. The summed E-state index contributed by atoms with van der Waals surface area (Å²) in [4.78, 5) is 14.3. The molecule has 2 saturated carbocycles. The summed E-state index contributed by atoms with van der Waals surface area (Å²) in [6, 6.07) is 9.10. The third-order valence-electron chi connectivity index (χ3n) is 9.53. The van der Waals surface area contributed by atoms with Crippen LogP contribution < -0.4 is 4.90 Å². The highest BCUT2D eigenvalue weighted by molar-refractivity contribution is 5.93. The molecule has 0 spiro atoms. The minimum Gasteiger partial charge on any atom is -0.389 e. The summed E-state index contributed by atoms with van der Waals surface area (Å²) in [6.07, 6.45) is 10.7. The predicted molar refractivity (Wildman–Crippen MR) is 131 cm³/mol. The first-order valence-electron chi connectivity index (χ1n) is 12.7. The number of carbonyl (C=O) groups is 1. The summed E-state index contributed by atoms with van der Waals surface area (Å²) in [7, 11) is 4.17. The standard InChI is InChI=1S/C29H39NO2/c1-5-15-29(32)16-14-26-24-12-8-20-17-22(31)11-13-23(20)27(24)25(18-28(26,29)2)19-6-9-21(10-7-19)30(3)4/h6-7,9-10,17,24-26,32H,5,8,11-16,18H2,1-4H3/t24-,25+,26-,28-,29-/m0/s1. The van der Waals surface area contributed by atoms with E-state index < -0.39 is 5.60 Å². The maximum Gasteiger partial charge on any atom is 0.156 e. The monoisotopic (exact) mass is 433 g/mol. The van der Waals surface area contributed by atoms with Gasteiger partial charge in [0.1, 0.15) is 0 Å². The lowest BCUT2D eigenvalue weighted by Crippen LogP contribution is -2.51. The lowest BCUT2D eigenvalue weighted by molar-refractivity contribution is -0.114. The van der Waals surface area contributed by atoms with E-state index in [2.05, 4.69) is 57.1 Å². The molecular formula is C29H39NO2. The Labute approximate surface area is 193 Å². The second-order valence-corrected chi connectivity index (χ2v) is 11.3. The van der Waals surface area contributed by atoms with E-state index in [1.54, 1.807) is 5.57 Å². The van der Waals surface area contributed by atoms with Gasteiger partial charge in [0.15, 0.2) is 5.78 Å². The Kier molecular flexibility index (Phi) is 5.40. The fourth-order valence-electron chi connectivity index (χ4n) is 7.88. The molecule has 0 unspecified atom stereocenters. The summed E-state index contributed by atoms with van der Waals surface area (Å²) in [5.74, 6) is 1.73. The summed E-state index contributed by atoms with van der Waals surface area (Å²) < 4.78 is 0. The van der Waals surface area contributed by atoms with E-state index in [0.717, 1.165) is 51.4 Å². The van der Waals surface area contributed by atoms with Crippen LogP contribution in [-0.4, -0.2) is 30.6 Å². The van der Waals surface area contributed by atoms with Crippen molar-refractivity contribution in [1.29, 1.82) is 0 Å². The Morgan fingerprint density at radius 3 is 2.53 bits per heavy atom. The van der Waals surface area contributed by atoms with Gasteiger partial charge in [0.05, 0.1) is 5.60 Å². The van der Waals surface area contributed by atoms with Crippen LogP contribution in [0.5, 0.6) is 0 Å². The molecule has 32 heavy (non-hydrogen) atoms. The number of carbonyl (C=O) groups excluding carboxylic acids is 1. The maximum absolute atomic E-state index is 12.2. The van der Waals surface area contributed by atoms with Gasteiger partial charge in [-0.25, -0.2) is 0 Å². The van der Waals surface area contributed by atoms with Gasteiger partial charge in [0.25, 0.3) is 0 Å². The molecule has 2 fully saturated rings. The van der Waals surface area contributed by atoms with Crippen molar-refractivity contribution in [3.05, 3.63) is 52.6 Å². The molecule has 1 aromatic rings. The third-order valence-corrected chi connectivity index (χ3v) is 9.53. The number of hydrogen-bond donors (Lipinski definition) is 1. The van der Waals surface area contributed by atoms with Crippen LogP contribution in [0.1, 0.15) is 83.1 Å². The van der Waals surface area contributed by atoms with Crippen molar-refractivity contribution in [3.8, 4) is 0 Å². The Balaban J connectivity index is 1.65. The van der Waals surface area contributed by atoms with Gasteiger partial charge in [-0.15, -0.1) is 0 Å². The number of nitrogens with zero attached hydrogens (tertiary/aromatic N) is 1. The van der Waals surface area contributed by atoms with Gasteiger partial charge in [-0.3, -0.25) is 4.79 Å². The van der Waals surface area contributed by atoms with Crippen LogP contribution in [0.25, 0.3) is 0 Å². The van der Waals surface area contributed by atoms with Crippen molar-refractivity contribution in [1.82, 2.24) is 0 Å². The van der Waals surface area contributed by atoms with Crippen LogP contribution in [-0.2, 0) is 4.79 Å². The molecule has 5 rings (SSSR count). The second-order valence-electron chi connectivity index (χ2n) is 11.3. The molecule has 0 heterocycles. The number of rotatable bonds is 4. The first kappa shape index (κ1) is 21.9. The van der Waals surface area contributed by atoms with E-state index >= 15 is 0 Å². The third kappa shape index (κ3) is 3.22. The van der Waals surface area contributed by atoms with Gasteiger partial charge in [0, 0.05) is 37.5 Å². The fraction of sp³-hybridized carbons (Fsp3) is 0.621. The molecule has 1 N–H and O–H groups in total. The number of ketones is 1. The molecule has 0 radical (unpaired) electrons. The normalized spacial score (nSPS) is 36.3. The summed E-state index contributed by atoms with van der Waals surface area (Å²) in [5.41, 5.74) is 6.43. The lowest BCUT2D eigenvalue weighted by atomic mass is 9.51. The van der Waals surface area contributed by atoms with E-state index in [4.69, 9.17) is 0 Å². The van der Waals surface area contributed by atoms with Crippen molar-refractivity contribution in [2.45, 2.75) is 83.2 Å². The summed E-state index contributed by atoms with van der Waals surface area (Å²) >= 11 is 0. The van der Waals surface area contributed by atoms with Crippen LogP contribution in [0.3, 0.4) is 0 Å². The minimum atomic E-state index is -0.552. The molecule has 172 valence electrons. The van der Waals surface area contributed by atoms with Crippen LogP contribution in [0.4, 0.5) is 5.69 Å². The summed E-state index contributed by atoms with van der Waals surface area (Å²) in [6.45, 7) is 4.61. The molecule has 4 aliphatic rings. The zero-order valence-corrected chi connectivity index (χ0v) is 20.3. The smallest absolute Gasteiger partial charge is 0.156 e. The molecule has 0 bridgehead atoms. The SMILES string of the molecule is CCC[C@]1(O)CC[C@H]2[C@@H]3CCC4=CC(=O)CCC4=C3[C@@H](c3ccc(N(C)C)cc3)C[C@@]21C. The molecule has 3 heteroatoms. The van der Waals surface area contributed by atoms with E-state index in [1.807, 2.05) is 6.08 Å². The first-order chi connectivity index (χ1) is 15.3. The highest BCUT2D eigenvalue weighted by Gasteiger charge is 2.62. The Morgan fingerprint density at radius 1 is 1.09 bits per heavy atom. The molecule has 1 aromatic carbocycles. The highest BCUT2D eigenvalue weighted by atomic mass is 16.3. The Morgan fingerprint density at radius 2 is 1.84 bits per heavy atom. The topological polar surface area (TPSA) is 40.5 Å². The van der Waals surface area contributed by atoms with E-state index in [9.17, 15) is 9.90 Å². The molecule has 0 aromatic heterocycles. The van der Waals surface area contributed by atoms with Gasteiger partial charge >= 0.3 is 0 Å². The van der Waals surface area contributed by atoms with Crippen LogP contribution in [0.15, 0.2) is 47.1 Å². The predicted octanol–water partition coefficient (Wildman–Crippen LogP) is 6.18. The van der Waals surface area contributed by atoms with Crippen LogP contribution in [0, 0.1) is 17.3 Å². The number of anilines is 1. The minimum absolute atomic E-state index is 0.0473. The molecule has 5 atom stereocenters. The number of hydrogen-bond acceptors (Lipinski definition) is 3. The van der Waals surface area contributed by atoms with Crippen molar-refractivity contribution in [2.24, 2.45) is 17.3 Å². The van der Waals surface area contributed by atoms with E-state index in [1.165, 1.54) is 22.4 Å². The molecule has 0 saturated heterocycles. The molecule has 0 amide bonds. The van der Waals surface area contributed by atoms with E-state index in [0.29, 0.717) is 30.0 Å². The average molecular weight is 434 g/mol. The van der Waals surface area contributed by atoms with E-state index in [-0.39, 0.29) is 5.41 Å². The quantitative estimate of drug-likeness (QED) is 0.616. The lowest BCUT2D eigenvalue weighted by Gasteiger charge is -2.55. The second kappa shape index (κ2) is 7.87. The van der Waals surface area contributed by atoms with Crippen molar-refractivity contribution in [2.75, 3.05) is 19.0 Å². The van der Waals surface area contributed by atoms with Crippen LogP contribution in [0.2, 0.25) is 0 Å². The highest BCUT2D eigenvalue weighted by Crippen LogP contribution is 2.67. The van der Waals surface area contributed by atoms with Crippen molar-refractivity contribution < 1.29 is 9.90 Å². The van der Waals surface area contributed by atoms with Crippen molar-refractivity contribution >= 4 is 11.5 Å². The van der Waals surface area contributed by atoms with Gasteiger partial charge in [-0.05, 0) is 91.7 Å². The largest absolute Gasteiger partial charge is 0.389 e.